The summed E-state index contributed by atoms with van der Waals surface area (Å²) in [6, 6.07) is 25.1. The number of fused-ring (bicyclic) bond motifs is 1. The zero-order chi connectivity index (χ0) is 26.5. The van der Waals surface area contributed by atoms with Crippen LogP contribution < -0.4 is 4.90 Å². The van der Waals surface area contributed by atoms with Crippen LogP contribution in [0.4, 0.5) is 11.4 Å². The predicted molar refractivity (Wildman–Crippen MR) is 163 cm³/mol. The number of aliphatic imine (C=N–C) groups is 1. The van der Waals surface area contributed by atoms with Gasteiger partial charge in [0.2, 0.25) is 0 Å². The molecular weight excluding hydrogens is 486 g/mol. The maximum atomic E-state index is 13.8. The molecule has 0 aliphatic carbocycles. The Kier molecular flexibility index (Phi) is 8.14. The highest BCUT2D eigenvalue weighted by atomic mass is 32.2. The minimum Gasteiger partial charge on any atom is -0.350 e. The van der Waals surface area contributed by atoms with Crippen molar-refractivity contribution in [2.75, 3.05) is 4.90 Å². The number of amides is 1. The normalized spacial score (nSPS) is 15.9. The molecule has 0 spiro atoms. The Hall–Kier alpha value is -3.57. The Balaban J connectivity index is 1.51. The van der Waals surface area contributed by atoms with Crippen LogP contribution >= 0.6 is 11.8 Å². The van der Waals surface area contributed by atoms with Gasteiger partial charge in [0.1, 0.15) is 0 Å². The molecule has 5 heteroatoms. The third kappa shape index (κ3) is 5.63. The van der Waals surface area contributed by atoms with E-state index in [2.05, 4.69) is 73.1 Å². The van der Waals surface area contributed by atoms with E-state index in [0.29, 0.717) is 10.1 Å². The maximum Gasteiger partial charge on any atom is 0.271 e. The summed E-state index contributed by atoms with van der Waals surface area (Å²) in [6.07, 6.45) is 10.9. The number of rotatable bonds is 9. The van der Waals surface area contributed by atoms with Crippen LogP contribution in [0.2, 0.25) is 0 Å². The van der Waals surface area contributed by atoms with E-state index < -0.39 is 0 Å². The van der Waals surface area contributed by atoms with E-state index in [1.54, 1.807) is 4.90 Å². The summed E-state index contributed by atoms with van der Waals surface area (Å²) in [4.78, 5) is 21.2. The molecule has 1 aliphatic heterocycles. The fraction of sp³-hybridized carbons (Fsp3) is 0.273. The van der Waals surface area contributed by atoms with Crippen molar-refractivity contribution in [3.63, 3.8) is 0 Å². The Morgan fingerprint density at radius 3 is 2.13 bits per heavy atom. The van der Waals surface area contributed by atoms with Gasteiger partial charge in [-0.2, -0.15) is 0 Å². The Morgan fingerprint density at radius 2 is 1.47 bits per heavy atom. The highest BCUT2D eigenvalue weighted by Crippen LogP contribution is 2.38. The van der Waals surface area contributed by atoms with E-state index >= 15 is 0 Å². The highest BCUT2D eigenvalue weighted by Gasteiger charge is 2.35. The van der Waals surface area contributed by atoms with Gasteiger partial charge < -0.3 is 4.57 Å². The van der Waals surface area contributed by atoms with Gasteiger partial charge in [0.15, 0.2) is 5.17 Å². The first-order valence-corrected chi connectivity index (χ1v) is 14.4. The molecule has 1 aliphatic rings. The number of para-hydroxylation sites is 1. The molecule has 0 bridgehead atoms. The standard InChI is InChI=1S/C33H35N3OS/c1-4-6-10-24-14-18-27(19-15-24)34-33-36(28-20-16-25(17-21-28)11-7-5-2)32(37)31(38-33)22-26-23-35(3)30-13-9-8-12-29(26)30/h8-9,12-23H,4-7,10-11H2,1-3H3/b31-22-,34-33?. The summed E-state index contributed by atoms with van der Waals surface area (Å²) in [5.74, 6) is -0.0393. The number of carbonyl (C=O) groups excluding carboxylic acids is 1. The molecule has 1 saturated heterocycles. The van der Waals surface area contributed by atoms with Crippen LogP contribution in [-0.2, 0) is 24.7 Å². The van der Waals surface area contributed by atoms with Gasteiger partial charge in [-0.25, -0.2) is 4.99 Å². The molecule has 0 N–H and O–H groups in total. The molecule has 194 valence electrons. The molecule has 1 amide bonds. The van der Waals surface area contributed by atoms with E-state index in [1.807, 2.05) is 37.4 Å². The molecule has 4 aromatic rings. The first-order chi connectivity index (χ1) is 18.6. The monoisotopic (exact) mass is 521 g/mol. The minimum atomic E-state index is -0.0393. The van der Waals surface area contributed by atoms with Crippen molar-refractivity contribution in [2.24, 2.45) is 12.0 Å². The highest BCUT2D eigenvalue weighted by molar-refractivity contribution is 8.19. The van der Waals surface area contributed by atoms with Crippen molar-refractivity contribution in [2.45, 2.75) is 52.4 Å². The molecule has 0 saturated carbocycles. The van der Waals surface area contributed by atoms with Crippen LogP contribution in [0.1, 0.15) is 56.2 Å². The van der Waals surface area contributed by atoms with Gasteiger partial charge in [-0.05, 0) is 85.0 Å². The number of nitrogens with zero attached hydrogens (tertiary/aromatic N) is 3. The lowest BCUT2D eigenvalue weighted by atomic mass is 10.1. The average molecular weight is 522 g/mol. The topological polar surface area (TPSA) is 37.6 Å². The predicted octanol–water partition coefficient (Wildman–Crippen LogP) is 8.67. The van der Waals surface area contributed by atoms with Gasteiger partial charge in [0.05, 0.1) is 16.3 Å². The summed E-state index contributed by atoms with van der Waals surface area (Å²) in [5.41, 5.74) is 6.50. The number of anilines is 1. The second-order valence-corrected chi connectivity index (χ2v) is 10.9. The van der Waals surface area contributed by atoms with E-state index in [1.165, 1.54) is 42.2 Å². The zero-order valence-electron chi connectivity index (χ0n) is 22.5. The number of aryl methyl sites for hydroxylation is 3. The molecular formula is C33H35N3OS. The molecule has 0 unspecified atom stereocenters. The van der Waals surface area contributed by atoms with E-state index in [-0.39, 0.29) is 5.91 Å². The lowest BCUT2D eigenvalue weighted by Gasteiger charge is -2.16. The molecule has 5 rings (SSSR count). The van der Waals surface area contributed by atoms with Crippen molar-refractivity contribution < 1.29 is 4.79 Å². The van der Waals surface area contributed by atoms with E-state index in [4.69, 9.17) is 4.99 Å². The molecule has 3 aromatic carbocycles. The van der Waals surface area contributed by atoms with Crippen LogP contribution in [0.3, 0.4) is 0 Å². The van der Waals surface area contributed by atoms with Gasteiger partial charge in [-0.15, -0.1) is 0 Å². The number of amidine groups is 1. The number of hydrogen-bond donors (Lipinski definition) is 0. The van der Waals surface area contributed by atoms with Crippen molar-refractivity contribution >= 4 is 51.2 Å². The smallest absolute Gasteiger partial charge is 0.271 e. The number of unbranched alkanes of at least 4 members (excludes halogenated alkanes) is 2. The summed E-state index contributed by atoms with van der Waals surface area (Å²) in [6.45, 7) is 4.42. The quantitative estimate of drug-likeness (QED) is 0.207. The largest absolute Gasteiger partial charge is 0.350 e. The molecule has 0 atom stereocenters. The molecule has 2 heterocycles. The van der Waals surface area contributed by atoms with Gasteiger partial charge in [0.25, 0.3) is 5.91 Å². The fourth-order valence-electron chi connectivity index (χ4n) is 4.83. The molecule has 4 nitrogen and oxygen atoms in total. The summed E-state index contributed by atoms with van der Waals surface area (Å²) >= 11 is 1.44. The lowest BCUT2D eigenvalue weighted by molar-refractivity contribution is -0.113. The third-order valence-corrected chi connectivity index (χ3v) is 7.98. The third-order valence-electron chi connectivity index (χ3n) is 7.01. The van der Waals surface area contributed by atoms with E-state index in [9.17, 15) is 4.79 Å². The Labute approximate surface area is 230 Å². The number of thioether (sulfide) groups is 1. The van der Waals surface area contributed by atoms with Crippen LogP contribution in [0, 0.1) is 0 Å². The van der Waals surface area contributed by atoms with Crippen molar-refractivity contribution in [3.8, 4) is 0 Å². The van der Waals surface area contributed by atoms with Crippen molar-refractivity contribution in [1.82, 2.24) is 4.57 Å². The van der Waals surface area contributed by atoms with Crippen molar-refractivity contribution in [3.05, 3.63) is 101 Å². The second kappa shape index (κ2) is 11.9. The Morgan fingerprint density at radius 1 is 0.842 bits per heavy atom. The van der Waals surface area contributed by atoms with Gasteiger partial charge in [-0.3, -0.25) is 9.69 Å². The molecule has 0 radical (unpaired) electrons. The van der Waals surface area contributed by atoms with Crippen LogP contribution in [0.25, 0.3) is 17.0 Å². The number of hydrogen-bond acceptors (Lipinski definition) is 3. The van der Waals surface area contributed by atoms with Crippen LogP contribution in [-0.4, -0.2) is 15.6 Å². The van der Waals surface area contributed by atoms with Gasteiger partial charge >= 0.3 is 0 Å². The summed E-state index contributed by atoms with van der Waals surface area (Å²) < 4.78 is 2.10. The van der Waals surface area contributed by atoms with Gasteiger partial charge in [-0.1, -0.05) is 69.2 Å². The lowest BCUT2D eigenvalue weighted by Crippen LogP contribution is -2.28. The fourth-order valence-corrected chi connectivity index (χ4v) is 5.82. The maximum absolute atomic E-state index is 13.8. The van der Waals surface area contributed by atoms with Crippen molar-refractivity contribution in [1.29, 1.82) is 0 Å². The molecule has 38 heavy (non-hydrogen) atoms. The SMILES string of the molecule is CCCCc1ccc(N=C2S/C(=C\c3cn(C)c4ccccc34)C(=O)N2c2ccc(CCCC)cc2)cc1. The van der Waals surface area contributed by atoms with Gasteiger partial charge in [0, 0.05) is 29.7 Å². The summed E-state index contributed by atoms with van der Waals surface area (Å²) in [5, 5.41) is 1.82. The first-order valence-electron chi connectivity index (χ1n) is 13.6. The average Bonchev–Trinajstić information content (AvgIpc) is 3.43. The second-order valence-electron chi connectivity index (χ2n) is 9.90. The number of carbonyl (C=O) groups is 1. The first kappa shape index (κ1) is 26.1. The van der Waals surface area contributed by atoms with Crippen LogP contribution in [0.15, 0.2) is 88.9 Å². The van der Waals surface area contributed by atoms with Crippen LogP contribution in [0.5, 0.6) is 0 Å². The Bertz CT molecular complexity index is 1480. The number of benzene rings is 3. The minimum absolute atomic E-state index is 0.0393. The van der Waals surface area contributed by atoms with E-state index in [0.717, 1.165) is 47.1 Å². The zero-order valence-corrected chi connectivity index (χ0v) is 23.3. The summed E-state index contributed by atoms with van der Waals surface area (Å²) in [7, 11) is 2.04. The number of aromatic nitrogens is 1. The molecule has 1 fully saturated rings. The molecule has 1 aromatic heterocycles.